The number of non-ortho nitro benzene ring substituents is 1. The van der Waals surface area contributed by atoms with Crippen molar-refractivity contribution in [2.75, 3.05) is 18.0 Å². The highest BCUT2D eigenvalue weighted by Crippen LogP contribution is 2.37. The van der Waals surface area contributed by atoms with Crippen LogP contribution in [-0.4, -0.2) is 29.1 Å². The highest BCUT2D eigenvalue weighted by molar-refractivity contribution is 6.34. The number of hydrogen-bond acceptors (Lipinski definition) is 4. The maximum Gasteiger partial charge on any atom is 0.338 e. The standard InChI is InChI=1S/C14H13ClN2O4/c1-2-5-16(8-9-3-4-9)13-11(14(18)19)6-10(17(20)21)7-12(13)15/h1,6-7,9H,3-5,8H2,(H,18,19). The molecule has 1 saturated carbocycles. The zero-order valence-corrected chi connectivity index (χ0v) is 11.8. The third-order valence-corrected chi connectivity index (χ3v) is 3.55. The van der Waals surface area contributed by atoms with Crippen molar-refractivity contribution in [3.63, 3.8) is 0 Å². The van der Waals surface area contributed by atoms with Crippen LogP contribution in [0.1, 0.15) is 23.2 Å². The number of carboxylic acids is 1. The molecule has 0 saturated heterocycles. The number of hydrogen-bond donors (Lipinski definition) is 1. The lowest BCUT2D eigenvalue weighted by molar-refractivity contribution is -0.384. The van der Waals surface area contributed by atoms with Crippen LogP contribution in [0.2, 0.25) is 5.02 Å². The van der Waals surface area contributed by atoms with Crippen molar-refractivity contribution >= 4 is 28.9 Å². The summed E-state index contributed by atoms with van der Waals surface area (Å²) in [5, 5.41) is 20.2. The van der Waals surface area contributed by atoms with Crippen LogP contribution in [0.3, 0.4) is 0 Å². The van der Waals surface area contributed by atoms with Gasteiger partial charge in [-0.1, -0.05) is 17.5 Å². The largest absolute Gasteiger partial charge is 0.478 e. The zero-order valence-electron chi connectivity index (χ0n) is 11.1. The molecule has 0 heterocycles. The number of rotatable bonds is 6. The summed E-state index contributed by atoms with van der Waals surface area (Å²) >= 11 is 6.08. The maximum atomic E-state index is 11.4. The third-order valence-electron chi connectivity index (χ3n) is 3.26. The Bertz CT molecular complexity index is 635. The van der Waals surface area contributed by atoms with Gasteiger partial charge >= 0.3 is 5.97 Å². The SMILES string of the molecule is C#CCN(CC1CC1)c1c(Cl)cc([N+](=O)[O-])cc1C(=O)O. The van der Waals surface area contributed by atoms with Gasteiger partial charge in [0.05, 0.1) is 27.7 Å². The summed E-state index contributed by atoms with van der Waals surface area (Å²) in [5.74, 6) is 1.66. The van der Waals surface area contributed by atoms with Gasteiger partial charge in [0.1, 0.15) is 0 Å². The van der Waals surface area contributed by atoms with Crippen molar-refractivity contribution in [1.29, 1.82) is 0 Å². The first-order chi connectivity index (χ1) is 9.93. The number of anilines is 1. The van der Waals surface area contributed by atoms with Gasteiger partial charge in [-0.3, -0.25) is 10.1 Å². The van der Waals surface area contributed by atoms with Gasteiger partial charge < -0.3 is 10.0 Å². The quantitative estimate of drug-likeness (QED) is 0.496. The Hall–Kier alpha value is -2.26. The van der Waals surface area contributed by atoms with Crippen LogP contribution < -0.4 is 4.90 Å². The first kappa shape index (κ1) is 15.1. The van der Waals surface area contributed by atoms with E-state index in [1.807, 2.05) is 0 Å². The summed E-state index contributed by atoms with van der Waals surface area (Å²) in [5.41, 5.74) is -0.307. The smallest absolute Gasteiger partial charge is 0.338 e. The van der Waals surface area contributed by atoms with Gasteiger partial charge in [-0.2, -0.15) is 0 Å². The molecule has 0 spiro atoms. The summed E-state index contributed by atoms with van der Waals surface area (Å²) in [6, 6.07) is 2.17. The zero-order chi connectivity index (χ0) is 15.6. The number of nitrogens with zero attached hydrogens (tertiary/aromatic N) is 2. The van der Waals surface area contributed by atoms with Crippen molar-refractivity contribution in [2.45, 2.75) is 12.8 Å². The first-order valence-corrected chi connectivity index (χ1v) is 6.71. The Kier molecular flexibility index (Phi) is 4.34. The van der Waals surface area contributed by atoms with E-state index in [-0.39, 0.29) is 28.5 Å². The molecule has 1 aliphatic rings. The van der Waals surface area contributed by atoms with Gasteiger partial charge in [0.25, 0.3) is 5.69 Å². The van der Waals surface area contributed by atoms with E-state index in [0.717, 1.165) is 25.0 Å². The summed E-state index contributed by atoms with van der Waals surface area (Å²) in [7, 11) is 0. The lowest BCUT2D eigenvalue weighted by atomic mass is 10.1. The summed E-state index contributed by atoms with van der Waals surface area (Å²) in [6.07, 6.45) is 7.45. The molecule has 1 aliphatic carbocycles. The minimum absolute atomic E-state index is 0.0255. The van der Waals surface area contributed by atoms with Gasteiger partial charge in [0.15, 0.2) is 0 Å². The molecule has 21 heavy (non-hydrogen) atoms. The van der Waals surface area contributed by atoms with E-state index < -0.39 is 10.9 Å². The second kappa shape index (κ2) is 6.02. The normalized spacial score (nSPS) is 13.5. The summed E-state index contributed by atoms with van der Waals surface area (Å²) < 4.78 is 0. The predicted octanol–water partition coefficient (Wildman–Crippen LogP) is 2.80. The fourth-order valence-electron chi connectivity index (χ4n) is 2.13. The van der Waals surface area contributed by atoms with Crippen LogP contribution in [0.5, 0.6) is 0 Å². The third kappa shape index (κ3) is 3.44. The van der Waals surface area contributed by atoms with Crippen molar-refractivity contribution < 1.29 is 14.8 Å². The number of carbonyl (C=O) groups is 1. The molecule has 0 unspecified atom stereocenters. The number of nitro groups is 1. The van der Waals surface area contributed by atoms with Crippen molar-refractivity contribution in [2.24, 2.45) is 5.92 Å². The van der Waals surface area contributed by atoms with Crippen molar-refractivity contribution in [3.05, 3.63) is 32.8 Å². The fraction of sp³-hybridized carbons (Fsp3) is 0.357. The molecule has 0 atom stereocenters. The van der Waals surface area contributed by atoms with E-state index in [2.05, 4.69) is 5.92 Å². The molecule has 0 amide bonds. The van der Waals surface area contributed by atoms with Crippen LogP contribution in [0.15, 0.2) is 12.1 Å². The highest BCUT2D eigenvalue weighted by atomic mass is 35.5. The van der Waals surface area contributed by atoms with E-state index >= 15 is 0 Å². The number of nitro benzene ring substituents is 1. The number of aromatic carboxylic acids is 1. The maximum absolute atomic E-state index is 11.4. The van der Waals surface area contributed by atoms with Gasteiger partial charge in [-0.25, -0.2) is 4.79 Å². The first-order valence-electron chi connectivity index (χ1n) is 6.33. The topological polar surface area (TPSA) is 83.7 Å². The Morgan fingerprint density at radius 1 is 1.57 bits per heavy atom. The van der Waals surface area contributed by atoms with Gasteiger partial charge in [-0.05, 0) is 18.8 Å². The predicted molar refractivity (Wildman–Crippen MR) is 78.8 cm³/mol. The molecule has 1 fully saturated rings. The highest BCUT2D eigenvalue weighted by Gasteiger charge is 2.29. The van der Waals surface area contributed by atoms with E-state index in [0.29, 0.717) is 12.5 Å². The summed E-state index contributed by atoms with van der Waals surface area (Å²) in [4.78, 5) is 23.3. The molecular formula is C14H13ClN2O4. The van der Waals surface area contributed by atoms with Crippen molar-refractivity contribution in [1.82, 2.24) is 0 Å². The van der Waals surface area contributed by atoms with Crippen LogP contribution >= 0.6 is 11.6 Å². The lowest BCUT2D eigenvalue weighted by Crippen LogP contribution is -2.28. The minimum Gasteiger partial charge on any atom is -0.478 e. The average Bonchev–Trinajstić information content (AvgIpc) is 3.21. The van der Waals surface area contributed by atoms with E-state index in [1.165, 1.54) is 0 Å². The Morgan fingerprint density at radius 3 is 2.71 bits per heavy atom. The van der Waals surface area contributed by atoms with E-state index in [1.54, 1.807) is 4.90 Å². The van der Waals surface area contributed by atoms with Gasteiger partial charge in [0.2, 0.25) is 0 Å². The fourth-order valence-corrected chi connectivity index (χ4v) is 2.46. The van der Waals surface area contributed by atoms with Crippen molar-refractivity contribution in [3.8, 4) is 12.3 Å². The van der Waals surface area contributed by atoms with E-state index in [4.69, 9.17) is 18.0 Å². The van der Waals surface area contributed by atoms with Gasteiger partial charge in [-0.15, -0.1) is 6.42 Å². The molecule has 7 heteroatoms. The molecule has 0 radical (unpaired) electrons. The van der Waals surface area contributed by atoms with Crippen LogP contribution in [0.4, 0.5) is 11.4 Å². The average molecular weight is 309 g/mol. The number of halogens is 1. The second-order valence-electron chi connectivity index (χ2n) is 4.91. The molecule has 6 nitrogen and oxygen atoms in total. The molecule has 110 valence electrons. The summed E-state index contributed by atoms with van der Waals surface area (Å²) in [6.45, 7) is 0.802. The van der Waals surface area contributed by atoms with E-state index in [9.17, 15) is 20.0 Å². The molecule has 0 bridgehead atoms. The molecule has 1 aromatic rings. The Morgan fingerprint density at radius 2 is 2.24 bits per heavy atom. The van der Waals surface area contributed by atoms with Crippen LogP contribution in [-0.2, 0) is 0 Å². The Labute approximate surface area is 126 Å². The minimum atomic E-state index is -1.27. The molecule has 1 aromatic carbocycles. The molecule has 0 aliphatic heterocycles. The monoisotopic (exact) mass is 308 g/mol. The number of carboxylic acid groups (broad SMARTS) is 1. The number of benzene rings is 1. The van der Waals surface area contributed by atoms with Gasteiger partial charge in [0, 0.05) is 18.7 Å². The Balaban J connectivity index is 2.50. The number of terminal acetylenes is 1. The second-order valence-corrected chi connectivity index (χ2v) is 5.32. The van der Waals surface area contributed by atoms with Crippen LogP contribution in [0, 0.1) is 28.4 Å². The molecule has 0 aromatic heterocycles. The molecule has 1 N–H and O–H groups in total. The molecule has 2 rings (SSSR count). The lowest BCUT2D eigenvalue weighted by Gasteiger charge is -2.25. The van der Waals surface area contributed by atoms with Crippen LogP contribution in [0.25, 0.3) is 0 Å². The molecular weight excluding hydrogens is 296 g/mol.